The Balaban J connectivity index is -0.000000720. The Bertz CT molecular complexity index is 162. The first-order valence-electron chi connectivity index (χ1n) is 4.02. The maximum absolute atomic E-state index is 9.47. The largest absolute Gasteiger partial charge is 0.683 e. The molecule has 0 aromatic carbocycles. The maximum atomic E-state index is 9.47. The van der Waals surface area contributed by atoms with Crippen molar-refractivity contribution in [1.29, 1.82) is 0 Å². The molecular formula is C6H22AlO6Si2. The standard InChI is InChI=1S/C2H7O3Si.C2H7O2Si.2CH3.Al.H2O/c1-5-6(2,3)4;1-5(2,3)4;;;;/h3H,1-2H3;3H,1-2H3;2*1H3;;1H2/q2*-1;;2*+1;. The van der Waals surface area contributed by atoms with Crippen LogP contribution in [0.2, 0.25) is 25.4 Å². The second-order valence-electron chi connectivity index (χ2n) is 3.35. The minimum Gasteiger partial charge on any atom is -0.683 e. The van der Waals surface area contributed by atoms with Gasteiger partial charge in [-0.2, -0.15) is 5.79 Å². The lowest BCUT2D eigenvalue weighted by atomic mass is 11.8. The van der Waals surface area contributed by atoms with Crippen LogP contribution in [-0.2, 0) is 11.4 Å². The van der Waals surface area contributed by atoms with Gasteiger partial charge in [0.25, 0.3) is 8.56 Å². The molecule has 0 amide bonds. The van der Waals surface area contributed by atoms with E-state index >= 15 is 0 Å². The molecule has 1 radical (unpaired) electrons. The van der Waals surface area contributed by atoms with E-state index in [4.69, 9.17) is 11.4 Å². The average molecular weight is 273 g/mol. The van der Waals surface area contributed by atoms with Crippen LogP contribution < -0.4 is 0 Å². The van der Waals surface area contributed by atoms with Crippen LogP contribution in [0.4, 0.5) is 0 Å². The van der Waals surface area contributed by atoms with E-state index in [9.17, 15) is 9.59 Å². The molecule has 1 atom stereocenters. The molecule has 0 aromatic heterocycles. The molecular weight excluding hydrogens is 251 g/mol. The van der Waals surface area contributed by atoms with Crippen LogP contribution in [0.5, 0.6) is 0 Å². The summed E-state index contributed by atoms with van der Waals surface area (Å²) in [7, 11) is -4.14. The molecule has 0 aliphatic carbocycles. The van der Waals surface area contributed by atoms with Crippen LogP contribution in [-0.4, -0.2) is 54.4 Å². The molecule has 4 N–H and O–H groups in total. The summed E-state index contributed by atoms with van der Waals surface area (Å²) in [5, 5.41) is 0. The van der Waals surface area contributed by atoms with Crippen LogP contribution in [0.25, 0.3) is 0 Å². The second kappa shape index (κ2) is 7.80. The molecule has 0 saturated carbocycles. The van der Waals surface area contributed by atoms with Gasteiger partial charge < -0.3 is 26.4 Å². The molecule has 0 aliphatic rings. The molecule has 0 aromatic rings. The van der Waals surface area contributed by atoms with Gasteiger partial charge in [-0.1, -0.05) is 0 Å². The lowest BCUT2D eigenvalue weighted by Gasteiger charge is -2.37. The summed E-state index contributed by atoms with van der Waals surface area (Å²) in [6, 6.07) is 0. The van der Waals surface area contributed by atoms with Crippen LogP contribution in [0.1, 0.15) is 0 Å². The highest BCUT2D eigenvalue weighted by atomic mass is 28.4. The normalized spacial score (nSPS) is 15.2. The van der Waals surface area contributed by atoms with Gasteiger partial charge in [0.2, 0.25) is 0 Å². The van der Waals surface area contributed by atoms with Crippen LogP contribution >= 0.6 is 0 Å². The molecule has 0 saturated heterocycles. The van der Waals surface area contributed by atoms with E-state index in [1.54, 1.807) is 18.9 Å². The number of hydrogen-bond donors (Lipinski definition) is 2. The summed E-state index contributed by atoms with van der Waals surface area (Å²) in [4.78, 5) is 18.9. The van der Waals surface area contributed by atoms with Crippen molar-refractivity contribution in [2.75, 3.05) is 7.11 Å². The Kier molecular flexibility index (Phi) is 10.9. The smallest absolute Gasteiger partial charge is 0.434 e. The molecule has 0 bridgehead atoms. The van der Waals surface area contributed by atoms with E-state index in [0.29, 0.717) is 0 Å². The van der Waals surface area contributed by atoms with E-state index in [2.05, 4.69) is 0 Å². The molecule has 9 heteroatoms. The SMILES string of the molecule is CO[Si](C)(O)[O][Al-]([CH3])[O][Si](C)(C)O.O.[CH3+]. The lowest BCUT2D eigenvalue weighted by Crippen LogP contribution is -2.47. The summed E-state index contributed by atoms with van der Waals surface area (Å²) >= 11 is -1.97. The summed E-state index contributed by atoms with van der Waals surface area (Å²) in [5.41, 5.74) is 0. The molecule has 1 unspecified atom stereocenters. The van der Waals surface area contributed by atoms with Gasteiger partial charge in [0, 0.05) is 21.1 Å². The molecule has 0 fully saturated rings. The predicted molar refractivity (Wildman–Crippen MR) is 64.4 cm³/mol. The van der Waals surface area contributed by atoms with Gasteiger partial charge in [0.15, 0.2) is 0 Å². The van der Waals surface area contributed by atoms with Crippen molar-refractivity contribution in [2.45, 2.75) is 25.4 Å². The highest BCUT2D eigenvalue weighted by molar-refractivity contribution is 6.74. The van der Waals surface area contributed by atoms with Gasteiger partial charge in [0.1, 0.15) is 0 Å². The first-order valence-corrected chi connectivity index (χ1v) is 11.2. The molecule has 0 aliphatic heterocycles. The second-order valence-corrected chi connectivity index (χ2v) is 11.5. The van der Waals surface area contributed by atoms with Gasteiger partial charge in [-0.25, -0.2) is 0 Å². The zero-order chi connectivity index (χ0) is 10.7. The van der Waals surface area contributed by atoms with Crippen molar-refractivity contribution in [2.24, 2.45) is 0 Å². The molecule has 6 nitrogen and oxygen atoms in total. The Labute approximate surface area is 98.8 Å². The first kappa shape index (κ1) is 20.9. The van der Waals surface area contributed by atoms with Crippen molar-refractivity contribution in [1.82, 2.24) is 0 Å². The Hall–Kier alpha value is 0.596. The predicted octanol–water partition coefficient (Wildman–Crippen LogP) is -0.335. The quantitative estimate of drug-likeness (QED) is 0.527. The lowest BCUT2D eigenvalue weighted by molar-refractivity contribution is 0.188. The summed E-state index contributed by atoms with van der Waals surface area (Å²) in [6.45, 7) is 4.83. The van der Waals surface area contributed by atoms with Crippen LogP contribution in [0, 0.1) is 7.43 Å². The van der Waals surface area contributed by atoms with Gasteiger partial charge in [-0.3, -0.25) is 0 Å². The third-order valence-corrected chi connectivity index (χ3v) is 8.69. The van der Waals surface area contributed by atoms with Crippen LogP contribution in [0.3, 0.4) is 0 Å². The van der Waals surface area contributed by atoms with E-state index in [1.807, 2.05) is 0 Å². The molecule has 0 spiro atoms. The molecule has 93 valence electrons. The van der Waals surface area contributed by atoms with Gasteiger partial charge in [-0.05, 0) is 13.1 Å². The minimum absolute atomic E-state index is 0. The zero-order valence-corrected chi connectivity index (χ0v) is 13.4. The van der Waals surface area contributed by atoms with Gasteiger partial charge in [0.05, 0.1) is 0 Å². The fraction of sp³-hybridized carbons (Fsp3) is 0.833. The van der Waals surface area contributed by atoms with E-state index in [-0.39, 0.29) is 12.9 Å². The van der Waals surface area contributed by atoms with Crippen molar-refractivity contribution in [3.63, 3.8) is 0 Å². The summed E-state index contributed by atoms with van der Waals surface area (Å²) in [6.07, 6.45) is 0. The topological polar surface area (TPSA) is 99.7 Å². The number of rotatable bonds is 5. The molecule has 0 heterocycles. The van der Waals surface area contributed by atoms with E-state index < -0.39 is 32.2 Å². The minimum atomic E-state index is -2.99. The monoisotopic (exact) mass is 273 g/mol. The Morgan fingerprint density at radius 1 is 1.07 bits per heavy atom. The van der Waals surface area contributed by atoms with Crippen molar-refractivity contribution < 1.29 is 26.4 Å². The third kappa shape index (κ3) is 12.5. The van der Waals surface area contributed by atoms with Gasteiger partial charge in [-0.15, -0.1) is 0 Å². The maximum Gasteiger partial charge on any atom is 0.434 e. The summed E-state index contributed by atoms with van der Waals surface area (Å²) < 4.78 is 15.3. The first-order chi connectivity index (χ1) is 5.66. The average Bonchev–Trinajstić information content (AvgIpc) is 1.81. The Morgan fingerprint density at radius 2 is 1.47 bits per heavy atom. The number of hydrogen-bond acceptors (Lipinski definition) is 5. The highest BCUT2D eigenvalue weighted by Gasteiger charge is 2.27. The summed E-state index contributed by atoms with van der Waals surface area (Å²) in [5.74, 6) is 1.76. The highest BCUT2D eigenvalue weighted by Crippen LogP contribution is 2.08. The fourth-order valence-electron chi connectivity index (χ4n) is 0.786. The van der Waals surface area contributed by atoms with Crippen molar-refractivity contribution >= 4 is 32.2 Å². The fourth-order valence-corrected chi connectivity index (χ4v) is 7.51. The van der Waals surface area contributed by atoms with Crippen molar-refractivity contribution in [3.8, 4) is 0 Å². The molecule has 0 rings (SSSR count). The molecule has 15 heavy (non-hydrogen) atoms. The van der Waals surface area contributed by atoms with Gasteiger partial charge >= 0.3 is 23.6 Å². The van der Waals surface area contributed by atoms with Crippen LogP contribution in [0.15, 0.2) is 0 Å². The Morgan fingerprint density at radius 3 is 1.73 bits per heavy atom. The third-order valence-electron chi connectivity index (χ3n) is 1.22. The van der Waals surface area contributed by atoms with E-state index in [0.717, 1.165) is 0 Å². The van der Waals surface area contributed by atoms with E-state index in [1.165, 1.54) is 13.7 Å². The zero-order valence-electron chi connectivity index (χ0n) is 10.2. The van der Waals surface area contributed by atoms with Crippen molar-refractivity contribution in [3.05, 3.63) is 7.43 Å².